The van der Waals surface area contributed by atoms with E-state index in [0.29, 0.717) is 45.9 Å². The van der Waals surface area contributed by atoms with E-state index in [9.17, 15) is 9.59 Å². The summed E-state index contributed by atoms with van der Waals surface area (Å²) < 4.78 is 11.6. The molecule has 2 aromatic rings. The van der Waals surface area contributed by atoms with Crippen LogP contribution in [0.4, 0.5) is 0 Å². The molecule has 2 aliphatic rings. The smallest absolute Gasteiger partial charge is 0.242 e. The van der Waals surface area contributed by atoms with Crippen LogP contribution in [0.25, 0.3) is 0 Å². The number of ether oxygens (including phenoxy) is 2. The molecule has 0 aliphatic carbocycles. The van der Waals surface area contributed by atoms with Crippen LogP contribution >= 0.6 is 0 Å². The van der Waals surface area contributed by atoms with E-state index in [-0.39, 0.29) is 30.4 Å². The highest BCUT2D eigenvalue weighted by atomic mass is 16.5. The molecule has 2 saturated heterocycles. The summed E-state index contributed by atoms with van der Waals surface area (Å²) >= 11 is 0. The molecule has 1 aromatic heterocycles. The average Bonchev–Trinajstić information content (AvgIpc) is 3.27. The third kappa shape index (κ3) is 5.23. The van der Waals surface area contributed by atoms with Gasteiger partial charge in [0.25, 0.3) is 0 Å². The lowest BCUT2D eigenvalue weighted by Crippen LogP contribution is -2.43. The number of benzene rings is 1. The zero-order valence-electron chi connectivity index (χ0n) is 17.0. The van der Waals surface area contributed by atoms with Crippen LogP contribution in [0, 0.1) is 5.92 Å². The van der Waals surface area contributed by atoms with Gasteiger partial charge in [-0.15, -0.1) is 0 Å². The minimum absolute atomic E-state index is 0.0163. The van der Waals surface area contributed by atoms with Crippen molar-refractivity contribution in [1.29, 1.82) is 0 Å². The molecule has 1 aromatic carbocycles. The summed E-state index contributed by atoms with van der Waals surface area (Å²) in [4.78, 5) is 33.5. The Morgan fingerprint density at radius 3 is 2.70 bits per heavy atom. The molecule has 0 unspecified atom stereocenters. The number of carbonyl (C=O) groups is 2. The number of hydrogen-bond acceptors (Lipinski definition) is 5. The van der Waals surface area contributed by atoms with Crippen molar-refractivity contribution in [2.75, 3.05) is 32.8 Å². The average molecular weight is 409 g/mol. The quantitative estimate of drug-likeness (QED) is 0.729. The van der Waals surface area contributed by atoms with Gasteiger partial charge in [-0.3, -0.25) is 14.6 Å². The molecule has 0 spiro atoms. The van der Waals surface area contributed by atoms with Crippen LogP contribution in [0.3, 0.4) is 0 Å². The first-order chi connectivity index (χ1) is 14.7. The number of nitrogens with zero attached hydrogens (tertiary/aromatic N) is 3. The van der Waals surface area contributed by atoms with Gasteiger partial charge in [-0.1, -0.05) is 36.4 Å². The van der Waals surface area contributed by atoms with E-state index < -0.39 is 0 Å². The predicted molar refractivity (Wildman–Crippen MR) is 110 cm³/mol. The molecule has 2 amide bonds. The van der Waals surface area contributed by atoms with Crippen LogP contribution in [0.15, 0.2) is 54.9 Å². The first kappa shape index (κ1) is 20.5. The van der Waals surface area contributed by atoms with Gasteiger partial charge in [-0.05, 0) is 23.6 Å². The van der Waals surface area contributed by atoms with Crippen LogP contribution in [0.5, 0.6) is 0 Å². The Labute approximate surface area is 176 Å². The number of carbonyl (C=O) groups excluding carboxylic acids is 2. The summed E-state index contributed by atoms with van der Waals surface area (Å²) in [6.07, 6.45) is 3.92. The van der Waals surface area contributed by atoms with Gasteiger partial charge in [-0.2, -0.15) is 0 Å². The molecule has 2 aliphatic heterocycles. The maximum atomic E-state index is 13.0. The Hall–Kier alpha value is -2.77. The zero-order valence-corrected chi connectivity index (χ0v) is 17.0. The molecule has 0 N–H and O–H groups in total. The van der Waals surface area contributed by atoms with Crippen LogP contribution in [0.2, 0.25) is 0 Å². The molecule has 30 heavy (non-hydrogen) atoms. The number of aromatic nitrogens is 1. The van der Waals surface area contributed by atoms with Crippen molar-refractivity contribution in [2.45, 2.75) is 25.7 Å². The SMILES string of the molecule is O=C1CN(C(=O)[C@@H]2CCOC2)C[C@H](OCc2ccccc2)CN1Cc1cccnc1. The second kappa shape index (κ2) is 9.82. The highest BCUT2D eigenvalue weighted by Gasteiger charge is 2.35. The number of rotatable bonds is 6. The fraction of sp³-hybridized carbons (Fsp3) is 0.435. The van der Waals surface area contributed by atoms with Crippen molar-refractivity contribution in [1.82, 2.24) is 14.8 Å². The fourth-order valence-electron chi connectivity index (χ4n) is 3.89. The van der Waals surface area contributed by atoms with Crippen molar-refractivity contribution < 1.29 is 19.1 Å². The molecule has 3 heterocycles. The molecule has 2 fully saturated rings. The van der Waals surface area contributed by atoms with E-state index in [1.54, 1.807) is 22.2 Å². The Balaban J connectivity index is 1.49. The molecule has 2 atom stereocenters. The highest BCUT2D eigenvalue weighted by Crippen LogP contribution is 2.19. The monoisotopic (exact) mass is 409 g/mol. The van der Waals surface area contributed by atoms with E-state index >= 15 is 0 Å². The van der Waals surface area contributed by atoms with Gasteiger partial charge in [-0.25, -0.2) is 0 Å². The first-order valence-corrected chi connectivity index (χ1v) is 10.4. The van der Waals surface area contributed by atoms with E-state index in [1.807, 2.05) is 42.5 Å². The summed E-state index contributed by atoms with van der Waals surface area (Å²) in [5.41, 5.74) is 2.02. The summed E-state index contributed by atoms with van der Waals surface area (Å²) in [7, 11) is 0. The minimum atomic E-state index is -0.264. The van der Waals surface area contributed by atoms with Crippen LogP contribution < -0.4 is 0 Å². The molecule has 0 saturated carbocycles. The van der Waals surface area contributed by atoms with Gasteiger partial charge in [0, 0.05) is 38.6 Å². The minimum Gasteiger partial charge on any atom is -0.381 e. The van der Waals surface area contributed by atoms with Crippen molar-refractivity contribution in [3.8, 4) is 0 Å². The van der Waals surface area contributed by atoms with E-state index in [0.717, 1.165) is 11.1 Å². The maximum absolute atomic E-state index is 13.0. The molecular weight excluding hydrogens is 382 g/mol. The molecule has 0 radical (unpaired) electrons. The van der Waals surface area contributed by atoms with E-state index in [4.69, 9.17) is 9.47 Å². The summed E-state index contributed by atoms with van der Waals surface area (Å²) in [6.45, 7) is 2.82. The molecule has 7 nitrogen and oxygen atoms in total. The van der Waals surface area contributed by atoms with Gasteiger partial charge in [0.2, 0.25) is 11.8 Å². The normalized spacial score (nSPS) is 22.2. The molecular formula is C23H27N3O4. The zero-order chi connectivity index (χ0) is 20.8. The predicted octanol–water partition coefficient (Wildman–Crippen LogP) is 1.87. The van der Waals surface area contributed by atoms with Gasteiger partial charge in [0.15, 0.2) is 0 Å². The second-order valence-corrected chi connectivity index (χ2v) is 7.83. The Kier molecular flexibility index (Phi) is 6.71. The lowest BCUT2D eigenvalue weighted by Gasteiger charge is -2.26. The van der Waals surface area contributed by atoms with E-state index in [1.165, 1.54) is 0 Å². The lowest BCUT2D eigenvalue weighted by molar-refractivity contribution is -0.141. The van der Waals surface area contributed by atoms with Gasteiger partial charge in [0.05, 0.1) is 31.8 Å². The number of pyridine rings is 1. The van der Waals surface area contributed by atoms with Crippen LogP contribution in [-0.4, -0.2) is 65.6 Å². The fourth-order valence-corrected chi connectivity index (χ4v) is 3.89. The third-order valence-electron chi connectivity index (χ3n) is 5.54. The van der Waals surface area contributed by atoms with Crippen molar-refractivity contribution in [3.63, 3.8) is 0 Å². The number of amides is 2. The van der Waals surface area contributed by atoms with Crippen molar-refractivity contribution >= 4 is 11.8 Å². The summed E-state index contributed by atoms with van der Waals surface area (Å²) in [5, 5.41) is 0. The van der Waals surface area contributed by atoms with Crippen LogP contribution in [-0.2, 0) is 32.2 Å². The van der Waals surface area contributed by atoms with E-state index in [2.05, 4.69) is 4.98 Å². The standard InChI is InChI=1S/C23H27N3O4/c27-22-15-26(23(28)20-8-10-29-17-20)14-21(30-16-18-5-2-1-3-6-18)13-25(22)12-19-7-4-9-24-11-19/h1-7,9,11,20-21H,8,10,12-17H2/t20-,21-/m1/s1. The summed E-state index contributed by atoms with van der Waals surface area (Å²) in [6, 6.07) is 13.7. The number of hydrogen-bond donors (Lipinski definition) is 0. The van der Waals surface area contributed by atoms with Gasteiger partial charge < -0.3 is 19.3 Å². The molecule has 7 heteroatoms. The van der Waals surface area contributed by atoms with Crippen molar-refractivity contribution in [2.24, 2.45) is 5.92 Å². The Morgan fingerprint density at radius 1 is 1.13 bits per heavy atom. The first-order valence-electron chi connectivity index (χ1n) is 10.4. The molecule has 4 rings (SSSR count). The third-order valence-corrected chi connectivity index (χ3v) is 5.54. The second-order valence-electron chi connectivity index (χ2n) is 7.83. The molecule has 0 bridgehead atoms. The summed E-state index contributed by atoms with van der Waals surface area (Å²) in [5.74, 6) is -0.258. The molecule has 158 valence electrons. The highest BCUT2D eigenvalue weighted by molar-refractivity contribution is 5.86. The Bertz CT molecular complexity index is 840. The topological polar surface area (TPSA) is 72.0 Å². The van der Waals surface area contributed by atoms with Gasteiger partial charge >= 0.3 is 0 Å². The Morgan fingerprint density at radius 2 is 1.97 bits per heavy atom. The van der Waals surface area contributed by atoms with Gasteiger partial charge in [0.1, 0.15) is 0 Å². The maximum Gasteiger partial charge on any atom is 0.242 e. The van der Waals surface area contributed by atoms with Crippen LogP contribution in [0.1, 0.15) is 17.5 Å². The largest absolute Gasteiger partial charge is 0.381 e. The van der Waals surface area contributed by atoms with Crippen molar-refractivity contribution in [3.05, 3.63) is 66.0 Å². The lowest BCUT2D eigenvalue weighted by atomic mass is 10.1.